The van der Waals surface area contributed by atoms with Crippen LogP contribution in [0.15, 0.2) is 53.0 Å². The summed E-state index contributed by atoms with van der Waals surface area (Å²) in [5.41, 5.74) is 2.00. The second-order valence-electron chi connectivity index (χ2n) is 6.63. The Balaban J connectivity index is 1.67. The first kappa shape index (κ1) is 17.2. The van der Waals surface area contributed by atoms with E-state index in [1.165, 1.54) is 30.3 Å². The zero-order valence-corrected chi connectivity index (χ0v) is 14.7. The highest BCUT2D eigenvalue weighted by atomic mass is 19.1. The molecule has 6 nitrogen and oxygen atoms in total. The molecule has 0 unspecified atom stereocenters. The maximum atomic E-state index is 13.6. The van der Waals surface area contributed by atoms with Crippen molar-refractivity contribution in [3.05, 3.63) is 64.3 Å². The fourth-order valence-electron chi connectivity index (χ4n) is 3.37. The van der Waals surface area contributed by atoms with Gasteiger partial charge in [-0.3, -0.25) is 9.89 Å². The molecule has 1 aliphatic rings. The van der Waals surface area contributed by atoms with Gasteiger partial charge in [0.2, 0.25) is 0 Å². The van der Waals surface area contributed by atoms with E-state index in [9.17, 15) is 14.0 Å². The second-order valence-corrected chi connectivity index (χ2v) is 6.63. The largest absolute Gasteiger partial charge is 0.334 e. The zero-order valence-electron chi connectivity index (χ0n) is 14.7. The molecule has 4 rings (SSSR count). The van der Waals surface area contributed by atoms with Crippen LogP contribution in [-0.2, 0) is 0 Å². The topological polar surface area (TPSA) is 79.8 Å². The van der Waals surface area contributed by atoms with E-state index in [4.69, 9.17) is 0 Å². The number of aromatic nitrogens is 3. The van der Waals surface area contributed by atoms with E-state index in [2.05, 4.69) is 21.6 Å². The summed E-state index contributed by atoms with van der Waals surface area (Å²) in [7, 11) is 0. The Bertz CT molecular complexity index is 1100. The van der Waals surface area contributed by atoms with Crippen molar-refractivity contribution >= 4 is 16.9 Å². The van der Waals surface area contributed by atoms with Gasteiger partial charge in [-0.2, -0.15) is 5.10 Å². The minimum Gasteiger partial charge on any atom is -0.334 e. The lowest BCUT2D eigenvalue weighted by Crippen LogP contribution is -2.37. The molecule has 1 aliphatic carbocycles. The van der Waals surface area contributed by atoms with Gasteiger partial charge in [0.1, 0.15) is 11.5 Å². The number of allylic oxidation sites excluding steroid dienone is 1. The minimum atomic E-state index is -0.490. The number of benzene rings is 1. The third kappa shape index (κ3) is 3.40. The monoisotopic (exact) mass is 366 g/mol. The summed E-state index contributed by atoms with van der Waals surface area (Å²) in [5.74, 6) is -0.418. The van der Waals surface area contributed by atoms with E-state index in [0.29, 0.717) is 23.3 Å². The normalized spacial score (nSPS) is 14.2. The molecule has 1 amide bonds. The Kier molecular flexibility index (Phi) is 4.58. The first-order valence-corrected chi connectivity index (χ1v) is 8.95. The Hall–Kier alpha value is -3.22. The minimum absolute atomic E-state index is 0.259. The average molecular weight is 366 g/mol. The zero-order chi connectivity index (χ0) is 18.8. The highest BCUT2D eigenvalue weighted by Crippen LogP contribution is 2.24. The van der Waals surface area contributed by atoms with Crippen LogP contribution in [0.5, 0.6) is 0 Å². The van der Waals surface area contributed by atoms with Crippen LogP contribution in [0.1, 0.15) is 25.7 Å². The maximum absolute atomic E-state index is 13.6. The number of halogens is 1. The maximum Gasteiger partial charge on any atom is 0.328 e. The van der Waals surface area contributed by atoms with Gasteiger partial charge >= 0.3 is 6.03 Å². The van der Waals surface area contributed by atoms with Crippen LogP contribution in [0.4, 0.5) is 9.18 Å². The molecule has 0 atom stereocenters. The van der Waals surface area contributed by atoms with Gasteiger partial charge in [-0.25, -0.2) is 13.8 Å². The number of hydrogen-bond donors (Lipinski definition) is 2. The summed E-state index contributed by atoms with van der Waals surface area (Å²) in [4.78, 5) is 25.4. The van der Waals surface area contributed by atoms with E-state index in [0.717, 1.165) is 23.8 Å². The molecule has 0 fully saturated rings. The van der Waals surface area contributed by atoms with Crippen molar-refractivity contribution in [3.8, 4) is 11.3 Å². The van der Waals surface area contributed by atoms with Crippen LogP contribution < -0.4 is 10.9 Å². The molecule has 0 saturated heterocycles. The average Bonchev–Trinajstić information content (AvgIpc) is 3.12. The molecular formula is C20H19FN4O2. The number of carbonyl (C=O) groups is 1. The number of amides is 1. The SMILES string of the molecule is O=C(NCC1=CCCCC1)n1ccc2[nH]nc(-c3cccc(F)c3)c2c1=O. The van der Waals surface area contributed by atoms with Crippen LogP contribution in [0.3, 0.4) is 0 Å². The lowest BCUT2D eigenvalue weighted by molar-refractivity contribution is 0.242. The molecule has 0 saturated carbocycles. The van der Waals surface area contributed by atoms with Gasteiger partial charge in [-0.1, -0.05) is 23.8 Å². The Morgan fingerprint density at radius 2 is 2.19 bits per heavy atom. The van der Waals surface area contributed by atoms with Gasteiger partial charge in [0, 0.05) is 18.3 Å². The third-order valence-electron chi connectivity index (χ3n) is 4.79. The van der Waals surface area contributed by atoms with Gasteiger partial charge in [0.05, 0.1) is 10.9 Å². The molecular weight excluding hydrogens is 347 g/mol. The van der Waals surface area contributed by atoms with Crippen LogP contribution >= 0.6 is 0 Å². The number of nitrogens with zero attached hydrogens (tertiary/aromatic N) is 2. The van der Waals surface area contributed by atoms with E-state index in [-0.39, 0.29) is 5.39 Å². The lowest BCUT2D eigenvalue weighted by atomic mass is 10.00. The first-order valence-electron chi connectivity index (χ1n) is 8.95. The van der Waals surface area contributed by atoms with Gasteiger partial charge in [0.15, 0.2) is 0 Å². The molecule has 1 aromatic carbocycles. The smallest absolute Gasteiger partial charge is 0.328 e. The summed E-state index contributed by atoms with van der Waals surface area (Å²) >= 11 is 0. The number of pyridine rings is 1. The lowest BCUT2D eigenvalue weighted by Gasteiger charge is -2.13. The molecule has 2 aromatic heterocycles. The van der Waals surface area contributed by atoms with Crippen molar-refractivity contribution < 1.29 is 9.18 Å². The van der Waals surface area contributed by atoms with Crippen molar-refractivity contribution in [2.24, 2.45) is 0 Å². The van der Waals surface area contributed by atoms with E-state index < -0.39 is 17.4 Å². The fraction of sp³-hybridized carbons (Fsp3) is 0.250. The van der Waals surface area contributed by atoms with Gasteiger partial charge in [-0.15, -0.1) is 0 Å². The highest BCUT2D eigenvalue weighted by Gasteiger charge is 2.17. The van der Waals surface area contributed by atoms with E-state index in [1.807, 2.05) is 0 Å². The van der Waals surface area contributed by atoms with Crippen molar-refractivity contribution in [3.63, 3.8) is 0 Å². The molecule has 0 radical (unpaired) electrons. The molecule has 0 spiro atoms. The van der Waals surface area contributed by atoms with Gasteiger partial charge in [-0.05, 0) is 43.9 Å². The number of aromatic amines is 1. The fourth-order valence-corrected chi connectivity index (χ4v) is 3.37. The van der Waals surface area contributed by atoms with E-state index >= 15 is 0 Å². The standard InChI is InChI=1S/C20H19FN4O2/c21-15-8-4-7-14(11-15)18-17-16(23-24-18)9-10-25(19(17)26)20(27)22-12-13-5-2-1-3-6-13/h4-5,7-11H,1-3,6,12H2,(H,22,27)(H,23,24). The molecule has 3 aromatic rings. The molecule has 138 valence electrons. The van der Waals surface area contributed by atoms with Crippen LogP contribution in [0, 0.1) is 5.82 Å². The number of H-pyrrole nitrogens is 1. The summed E-state index contributed by atoms with van der Waals surface area (Å²) in [6.45, 7) is 0.436. The first-order chi connectivity index (χ1) is 13.1. The van der Waals surface area contributed by atoms with Gasteiger partial charge in [0.25, 0.3) is 5.56 Å². The van der Waals surface area contributed by atoms with Crippen LogP contribution in [-0.4, -0.2) is 27.3 Å². The third-order valence-corrected chi connectivity index (χ3v) is 4.79. The molecule has 0 aliphatic heterocycles. The Morgan fingerprint density at radius 1 is 1.30 bits per heavy atom. The number of fused-ring (bicyclic) bond motifs is 1. The Labute approximate surface area is 154 Å². The predicted molar refractivity (Wildman–Crippen MR) is 101 cm³/mol. The number of hydrogen-bond acceptors (Lipinski definition) is 3. The summed E-state index contributed by atoms with van der Waals surface area (Å²) in [5, 5.41) is 9.97. The summed E-state index contributed by atoms with van der Waals surface area (Å²) in [6, 6.07) is 6.99. The molecule has 7 heteroatoms. The molecule has 2 heterocycles. The quantitative estimate of drug-likeness (QED) is 0.695. The molecule has 27 heavy (non-hydrogen) atoms. The van der Waals surface area contributed by atoms with Crippen molar-refractivity contribution in [1.82, 2.24) is 20.1 Å². The predicted octanol–water partition coefficient (Wildman–Crippen LogP) is 3.59. The number of nitrogens with one attached hydrogen (secondary N) is 2. The number of rotatable bonds is 3. The molecule has 0 bridgehead atoms. The van der Waals surface area contributed by atoms with Gasteiger partial charge < -0.3 is 5.32 Å². The van der Waals surface area contributed by atoms with E-state index in [1.54, 1.807) is 18.2 Å². The number of carbonyl (C=O) groups excluding carboxylic acids is 1. The van der Waals surface area contributed by atoms with Crippen LogP contribution in [0.25, 0.3) is 22.2 Å². The van der Waals surface area contributed by atoms with Crippen LogP contribution in [0.2, 0.25) is 0 Å². The summed E-state index contributed by atoms with van der Waals surface area (Å²) < 4.78 is 14.6. The van der Waals surface area contributed by atoms with Crippen molar-refractivity contribution in [2.75, 3.05) is 6.54 Å². The second kappa shape index (κ2) is 7.19. The van der Waals surface area contributed by atoms with Crippen molar-refractivity contribution in [1.29, 1.82) is 0 Å². The summed E-state index contributed by atoms with van der Waals surface area (Å²) in [6.07, 6.45) is 7.87. The molecule has 2 N–H and O–H groups in total. The van der Waals surface area contributed by atoms with Crippen molar-refractivity contribution in [2.45, 2.75) is 25.7 Å². The highest BCUT2D eigenvalue weighted by molar-refractivity contribution is 5.93. The Morgan fingerprint density at radius 3 is 2.96 bits per heavy atom.